The van der Waals surface area contributed by atoms with Crippen molar-refractivity contribution in [2.45, 2.75) is 24.8 Å². The van der Waals surface area contributed by atoms with E-state index < -0.39 is 10.0 Å². The number of amides is 1. The number of hydrogen-bond donors (Lipinski definition) is 3. The number of nitrogens with one attached hydrogen (secondary N) is 1. The summed E-state index contributed by atoms with van der Waals surface area (Å²) < 4.78 is 29.2. The maximum atomic E-state index is 13.1. The van der Waals surface area contributed by atoms with Crippen LogP contribution in [-0.4, -0.2) is 44.8 Å². The van der Waals surface area contributed by atoms with E-state index >= 15 is 0 Å². The molecule has 0 radical (unpaired) electrons. The number of nitrogens with two attached hydrogens (primary N) is 2. The summed E-state index contributed by atoms with van der Waals surface area (Å²) in [7, 11) is -2.29. The highest BCUT2D eigenvalue weighted by atomic mass is 32.2. The molecule has 0 heterocycles. The first-order chi connectivity index (χ1) is 20.5. The molecular weight excluding hydrogens is 583 g/mol. The summed E-state index contributed by atoms with van der Waals surface area (Å²) >= 11 is 5.48. The number of hydrogen-bond acceptors (Lipinski definition) is 6. The number of carbonyl (C=O) groups excluding carboxylic acids is 1. The molecule has 0 aromatic heterocycles. The van der Waals surface area contributed by atoms with E-state index in [1.165, 1.54) is 6.07 Å². The lowest BCUT2D eigenvalue weighted by atomic mass is 10.1. The summed E-state index contributed by atoms with van der Waals surface area (Å²) in [4.78, 5) is 19.9. The normalized spacial score (nSPS) is 11.7. The number of nitrogens with zero attached hydrogens (tertiary/aromatic N) is 2. The number of methoxy groups -OCH3 is 1. The van der Waals surface area contributed by atoms with Gasteiger partial charge in [-0.2, -0.15) is 0 Å². The second-order valence-corrected chi connectivity index (χ2v) is 11.9. The number of rotatable bonds is 10. The third-order valence-electron chi connectivity index (χ3n) is 6.64. The Morgan fingerprint density at radius 2 is 1.63 bits per heavy atom. The fourth-order valence-electron chi connectivity index (χ4n) is 4.43. The van der Waals surface area contributed by atoms with Crippen molar-refractivity contribution >= 4 is 50.3 Å². The number of aliphatic imine (C=N–C) groups is 1. The molecule has 0 saturated heterocycles. The van der Waals surface area contributed by atoms with Crippen LogP contribution in [0.4, 0.5) is 11.4 Å². The van der Waals surface area contributed by atoms with Crippen molar-refractivity contribution in [1.82, 2.24) is 0 Å². The molecule has 9 nitrogen and oxygen atoms in total. The molecule has 0 fully saturated rings. The zero-order valence-electron chi connectivity index (χ0n) is 24.0. The molecule has 0 bridgehead atoms. The third-order valence-corrected chi connectivity index (χ3v) is 7.94. The van der Waals surface area contributed by atoms with Crippen LogP contribution < -0.4 is 25.8 Å². The number of amidine groups is 1. The minimum absolute atomic E-state index is 0.00312. The lowest BCUT2D eigenvalue weighted by molar-refractivity contribution is -0.115. The van der Waals surface area contributed by atoms with Gasteiger partial charge in [-0.25, -0.2) is 18.5 Å². The predicted octanol–water partition coefficient (Wildman–Crippen LogP) is 4.94. The Hall–Kier alpha value is -4.58. The van der Waals surface area contributed by atoms with Crippen LogP contribution in [-0.2, 0) is 14.8 Å². The number of benzene rings is 4. The second-order valence-electron chi connectivity index (χ2n) is 9.97. The molecule has 11 heteroatoms. The van der Waals surface area contributed by atoms with Crippen molar-refractivity contribution < 1.29 is 17.9 Å². The van der Waals surface area contributed by atoms with E-state index in [9.17, 15) is 13.2 Å². The van der Waals surface area contributed by atoms with Crippen LogP contribution >= 0.6 is 12.2 Å². The first-order valence-corrected chi connectivity index (χ1v) is 15.3. The molecule has 0 aliphatic rings. The highest BCUT2D eigenvalue weighted by Crippen LogP contribution is 2.28. The van der Waals surface area contributed by atoms with Crippen molar-refractivity contribution in [2.75, 3.05) is 23.9 Å². The lowest BCUT2D eigenvalue weighted by Gasteiger charge is -2.28. The summed E-state index contributed by atoms with van der Waals surface area (Å²) in [6.07, 6.45) is 0. The first kappa shape index (κ1) is 31.4. The SMILES string of the molecule is COc1ccc(C(=S)N=C(N)c2cccc(N(CC(=O)Nc3ccc(-c4ccccc4S(N)(=O)=O)cc3)C(C)C)c2)cc1. The summed E-state index contributed by atoms with van der Waals surface area (Å²) in [5.41, 5.74) is 10.3. The van der Waals surface area contributed by atoms with Crippen LogP contribution in [0.5, 0.6) is 5.75 Å². The second kappa shape index (κ2) is 13.6. The third kappa shape index (κ3) is 8.04. The largest absolute Gasteiger partial charge is 0.497 e. The molecule has 5 N–H and O–H groups in total. The zero-order valence-corrected chi connectivity index (χ0v) is 25.7. The van der Waals surface area contributed by atoms with E-state index in [-0.39, 0.29) is 29.2 Å². The fraction of sp³-hybridized carbons (Fsp3) is 0.156. The molecule has 0 aliphatic heterocycles. The maximum Gasteiger partial charge on any atom is 0.243 e. The Balaban J connectivity index is 1.47. The van der Waals surface area contributed by atoms with Crippen LogP contribution in [0.2, 0.25) is 0 Å². The van der Waals surface area contributed by atoms with Gasteiger partial charge < -0.3 is 20.7 Å². The summed E-state index contributed by atoms with van der Waals surface area (Å²) in [6.45, 7) is 4.07. The smallest absolute Gasteiger partial charge is 0.243 e. The quantitative estimate of drug-likeness (QED) is 0.130. The van der Waals surface area contributed by atoms with Gasteiger partial charge in [-0.05, 0) is 74.0 Å². The van der Waals surface area contributed by atoms with Gasteiger partial charge in [-0.1, -0.05) is 54.7 Å². The molecule has 0 saturated carbocycles. The minimum Gasteiger partial charge on any atom is -0.497 e. The van der Waals surface area contributed by atoms with Crippen LogP contribution in [0.3, 0.4) is 0 Å². The summed E-state index contributed by atoms with van der Waals surface area (Å²) in [5.74, 6) is 0.760. The number of thiocarbonyl (C=S) groups is 1. The molecule has 0 aliphatic carbocycles. The lowest BCUT2D eigenvalue weighted by Crippen LogP contribution is -2.38. The van der Waals surface area contributed by atoms with Crippen molar-refractivity contribution in [1.29, 1.82) is 0 Å². The number of sulfonamides is 1. The zero-order chi connectivity index (χ0) is 31.1. The highest BCUT2D eigenvalue weighted by Gasteiger charge is 2.17. The predicted molar refractivity (Wildman–Crippen MR) is 176 cm³/mol. The van der Waals surface area contributed by atoms with Gasteiger partial charge in [0.25, 0.3) is 0 Å². The van der Waals surface area contributed by atoms with Gasteiger partial charge in [0, 0.05) is 34.1 Å². The number of primary sulfonamides is 1. The fourth-order valence-corrected chi connectivity index (χ4v) is 5.42. The number of carbonyl (C=O) groups is 1. The van der Waals surface area contributed by atoms with Crippen LogP contribution in [0, 0.1) is 0 Å². The molecule has 0 unspecified atom stereocenters. The molecule has 4 rings (SSSR count). The monoisotopic (exact) mass is 615 g/mol. The average Bonchev–Trinajstić information content (AvgIpc) is 2.99. The summed E-state index contributed by atoms with van der Waals surface area (Å²) in [5, 5.41) is 8.29. The minimum atomic E-state index is -3.89. The van der Waals surface area contributed by atoms with Crippen LogP contribution in [0.25, 0.3) is 11.1 Å². The maximum absolute atomic E-state index is 13.1. The van der Waals surface area contributed by atoms with Gasteiger partial charge in [0.05, 0.1) is 18.6 Å². The molecule has 0 atom stereocenters. The van der Waals surface area contributed by atoms with E-state index in [0.717, 1.165) is 17.0 Å². The topological polar surface area (TPSA) is 140 Å². The van der Waals surface area contributed by atoms with E-state index in [4.69, 9.17) is 27.8 Å². The van der Waals surface area contributed by atoms with Gasteiger partial charge in [0.1, 0.15) is 16.6 Å². The van der Waals surface area contributed by atoms with Gasteiger partial charge in [-0.15, -0.1) is 0 Å². The number of ether oxygens (including phenoxy) is 1. The molecule has 1 amide bonds. The van der Waals surface area contributed by atoms with Crippen molar-refractivity contribution in [3.05, 3.63) is 108 Å². The molecule has 4 aromatic carbocycles. The molecule has 4 aromatic rings. The van der Waals surface area contributed by atoms with Gasteiger partial charge >= 0.3 is 0 Å². The van der Waals surface area contributed by atoms with Gasteiger partial charge in [0.2, 0.25) is 15.9 Å². The van der Waals surface area contributed by atoms with Crippen LogP contribution in [0.15, 0.2) is 107 Å². The molecule has 0 spiro atoms. The van der Waals surface area contributed by atoms with Crippen molar-refractivity contribution in [2.24, 2.45) is 15.9 Å². The molecule has 222 valence electrons. The molecular formula is C32H33N5O4S2. The van der Waals surface area contributed by atoms with Crippen LogP contribution in [0.1, 0.15) is 25.0 Å². The summed E-state index contributed by atoms with van der Waals surface area (Å²) in [6, 6.07) is 28.2. The van der Waals surface area contributed by atoms with Crippen molar-refractivity contribution in [3.63, 3.8) is 0 Å². The van der Waals surface area contributed by atoms with E-state index in [1.807, 2.05) is 55.1 Å². The Morgan fingerprint density at radius 3 is 2.26 bits per heavy atom. The standard InChI is InChI=1S/C32H33N5O4S2/c1-21(2)37(26-8-6-7-24(19-26)31(33)36-32(42)23-13-17-27(41-3)18-14-23)20-30(38)35-25-15-11-22(12-16-25)28-9-4-5-10-29(28)43(34,39)40/h4-19,21H,20H2,1-3H3,(H,35,38)(H2,33,36,42)(H2,34,39,40). The van der Waals surface area contributed by atoms with Gasteiger partial charge in [0.15, 0.2) is 0 Å². The number of anilines is 2. The highest BCUT2D eigenvalue weighted by molar-refractivity contribution is 7.89. The Morgan fingerprint density at radius 1 is 0.953 bits per heavy atom. The Kier molecular flexibility index (Phi) is 9.92. The Labute approximate surface area is 257 Å². The first-order valence-electron chi connectivity index (χ1n) is 13.4. The molecule has 43 heavy (non-hydrogen) atoms. The van der Waals surface area contributed by atoms with Gasteiger partial charge in [-0.3, -0.25) is 4.79 Å². The van der Waals surface area contributed by atoms with E-state index in [1.54, 1.807) is 61.7 Å². The average molecular weight is 616 g/mol. The van der Waals surface area contributed by atoms with E-state index in [0.29, 0.717) is 27.4 Å². The van der Waals surface area contributed by atoms with E-state index in [2.05, 4.69) is 10.3 Å². The van der Waals surface area contributed by atoms with Crippen molar-refractivity contribution in [3.8, 4) is 16.9 Å². The Bertz CT molecular complexity index is 1750.